The molecule has 0 aliphatic rings. The van der Waals surface area contributed by atoms with Crippen molar-refractivity contribution in [3.8, 4) is 5.69 Å². The number of nitro benzene ring substituents is 1. The van der Waals surface area contributed by atoms with Crippen LogP contribution >= 0.6 is 0 Å². The molecule has 2 heterocycles. The molecule has 0 saturated carbocycles. The van der Waals surface area contributed by atoms with Gasteiger partial charge in [-0.15, -0.1) is 0 Å². The highest BCUT2D eigenvalue weighted by Crippen LogP contribution is 2.21. The van der Waals surface area contributed by atoms with Crippen molar-refractivity contribution in [1.82, 2.24) is 20.0 Å². The topological polar surface area (TPSA) is 119 Å². The Morgan fingerprint density at radius 3 is 2.88 bits per heavy atom. The molecule has 2 aromatic carbocycles. The minimum Gasteiger partial charge on any atom is -0.319 e. The summed E-state index contributed by atoms with van der Waals surface area (Å²) >= 11 is 0. The number of H-pyrrole nitrogens is 1. The zero-order valence-corrected chi connectivity index (χ0v) is 13.3. The molecule has 0 bridgehead atoms. The molecular formula is C17H12N6O3. The van der Waals surface area contributed by atoms with E-state index in [4.69, 9.17) is 0 Å². The Balaban J connectivity index is 1.60. The maximum absolute atomic E-state index is 12.5. The highest BCUT2D eigenvalue weighted by Gasteiger charge is 2.14. The van der Waals surface area contributed by atoms with Gasteiger partial charge in [-0.05, 0) is 18.2 Å². The van der Waals surface area contributed by atoms with Crippen molar-refractivity contribution in [2.24, 2.45) is 0 Å². The molecule has 26 heavy (non-hydrogen) atoms. The summed E-state index contributed by atoms with van der Waals surface area (Å²) in [6.45, 7) is 0. The van der Waals surface area contributed by atoms with Crippen molar-refractivity contribution in [1.29, 1.82) is 0 Å². The molecule has 1 amide bonds. The van der Waals surface area contributed by atoms with E-state index in [9.17, 15) is 14.9 Å². The third kappa shape index (κ3) is 2.77. The van der Waals surface area contributed by atoms with Crippen LogP contribution in [0.4, 0.5) is 11.4 Å². The van der Waals surface area contributed by atoms with Gasteiger partial charge >= 0.3 is 0 Å². The normalized spacial score (nSPS) is 10.8. The first-order valence-electron chi connectivity index (χ1n) is 7.66. The highest BCUT2D eigenvalue weighted by atomic mass is 16.6. The van der Waals surface area contributed by atoms with Crippen molar-refractivity contribution in [3.63, 3.8) is 0 Å². The van der Waals surface area contributed by atoms with Crippen LogP contribution in [0.2, 0.25) is 0 Å². The summed E-state index contributed by atoms with van der Waals surface area (Å²) in [5, 5.41) is 25.6. The Kier molecular flexibility index (Phi) is 3.66. The minimum absolute atomic E-state index is 0.0464. The summed E-state index contributed by atoms with van der Waals surface area (Å²) in [5.74, 6) is -0.392. The van der Waals surface area contributed by atoms with Gasteiger partial charge in [0, 0.05) is 23.7 Å². The molecular weight excluding hydrogens is 336 g/mol. The third-order valence-corrected chi connectivity index (χ3v) is 3.85. The molecule has 0 radical (unpaired) electrons. The summed E-state index contributed by atoms with van der Waals surface area (Å²) in [7, 11) is 0. The molecule has 0 spiro atoms. The number of rotatable bonds is 4. The van der Waals surface area contributed by atoms with Gasteiger partial charge in [0.2, 0.25) is 0 Å². The van der Waals surface area contributed by atoms with Crippen molar-refractivity contribution < 1.29 is 9.72 Å². The zero-order valence-electron chi connectivity index (χ0n) is 13.3. The van der Waals surface area contributed by atoms with Gasteiger partial charge in [-0.25, -0.2) is 4.68 Å². The predicted octanol–water partition coefficient (Wildman–Crippen LogP) is 2.91. The van der Waals surface area contributed by atoms with E-state index in [1.54, 1.807) is 36.7 Å². The monoisotopic (exact) mass is 348 g/mol. The van der Waals surface area contributed by atoms with E-state index in [0.29, 0.717) is 11.4 Å². The van der Waals surface area contributed by atoms with Crippen LogP contribution in [-0.2, 0) is 0 Å². The minimum atomic E-state index is -0.480. The second kappa shape index (κ2) is 6.13. The Labute approximate surface area is 146 Å². The van der Waals surface area contributed by atoms with Crippen molar-refractivity contribution in [3.05, 3.63) is 76.7 Å². The van der Waals surface area contributed by atoms with Gasteiger partial charge in [0.25, 0.3) is 11.6 Å². The Bertz CT molecular complexity index is 1130. The van der Waals surface area contributed by atoms with Crippen molar-refractivity contribution in [2.75, 3.05) is 5.32 Å². The molecule has 0 fully saturated rings. The number of aromatic nitrogens is 4. The van der Waals surface area contributed by atoms with Gasteiger partial charge in [0.05, 0.1) is 28.0 Å². The average molecular weight is 348 g/mol. The maximum Gasteiger partial charge on any atom is 0.276 e. The van der Waals surface area contributed by atoms with Gasteiger partial charge < -0.3 is 5.32 Å². The summed E-state index contributed by atoms with van der Waals surface area (Å²) in [6.07, 6.45) is 3.24. The standard InChI is InChI=1S/C17H12N6O3/c24-17(19-14-6-1-3-11-10-18-20-16(11)14)15-7-8-22(21-15)12-4-2-5-13(9-12)23(25)26/h1-10H,(H,18,20)(H,19,24). The Morgan fingerprint density at radius 1 is 1.19 bits per heavy atom. The molecule has 4 rings (SSSR count). The van der Waals surface area contributed by atoms with E-state index in [1.165, 1.54) is 16.8 Å². The van der Waals surface area contributed by atoms with Gasteiger partial charge in [-0.3, -0.25) is 20.0 Å². The lowest BCUT2D eigenvalue weighted by atomic mass is 10.2. The van der Waals surface area contributed by atoms with Crippen molar-refractivity contribution >= 4 is 28.2 Å². The van der Waals surface area contributed by atoms with Crippen LogP contribution in [0.25, 0.3) is 16.6 Å². The van der Waals surface area contributed by atoms with Crippen LogP contribution in [0.15, 0.2) is 60.9 Å². The molecule has 0 aliphatic heterocycles. The largest absolute Gasteiger partial charge is 0.319 e. The number of nitrogens with zero attached hydrogens (tertiary/aromatic N) is 4. The van der Waals surface area contributed by atoms with Crippen molar-refractivity contribution in [2.45, 2.75) is 0 Å². The first kappa shape index (κ1) is 15.5. The molecule has 0 aliphatic carbocycles. The summed E-state index contributed by atoms with van der Waals surface area (Å²) in [5.41, 5.74) is 1.95. The molecule has 2 N–H and O–H groups in total. The lowest BCUT2D eigenvalue weighted by Gasteiger charge is -2.04. The number of amides is 1. The Hall–Kier alpha value is -4.01. The highest BCUT2D eigenvalue weighted by molar-refractivity contribution is 6.07. The smallest absolute Gasteiger partial charge is 0.276 e. The van der Waals surface area contributed by atoms with E-state index in [-0.39, 0.29) is 11.4 Å². The SMILES string of the molecule is O=C(Nc1cccc2cn[nH]c12)c1ccn(-c2cccc([N+](=O)[O-])c2)n1. The average Bonchev–Trinajstić information content (AvgIpc) is 3.32. The maximum atomic E-state index is 12.5. The molecule has 4 aromatic rings. The fourth-order valence-electron chi connectivity index (χ4n) is 2.60. The Morgan fingerprint density at radius 2 is 2.04 bits per heavy atom. The zero-order chi connectivity index (χ0) is 18.1. The first-order valence-corrected chi connectivity index (χ1v) is 7.66. The van der Waals surface area contributed by atoms with E-state index in [2.05, 4.69) is 20.6 Å². The number of benzene rings is 2. The second-order valence-electron chi connectivity index (χ2n) is 5.52. The van der Waals surface area contributed by atoms with E-state index < -0.39 is 10.8 Å². The summed E-state index contributed by atoms with van der Waals surface area (Å²) in [6, 6.07) is 13.0. The fourth-order valence-corrected chi connectivity index (χ4v) is 2.60. The third-order valence-electron chi connectivity index (χ3n) is 3.85. The van der Waals surface area contributed by atoms with Gasteiger partial charge in [0.1, 0.15) is 0 Å². The lowest BCUT2D eigenvalue weighted by molar-refractivity contribution is -0.384. The number of nitro groups is 1. The fraction of sp³-hybridized carbons (Fsp3) is 0. The number of non-ortho nitro benzene ring substituents is 1. The second-order valence-corrected chi connectivity index (χ2v) is 5.52. The van der Waals surface area contributed by atoms with Crippen LogP contribution in [0, 0.1) is 10.1 Å². The number of hydrogen-bond donors (Lipinski definition) is 2. The number of carbonyl (C=O) groups excluding carboxylic acids is 1. The number of para-hydroxylation sites is 1. The van der Waals surface area contributed by atoms with Gasteiger partial charge in [-0.1, -0.05) is 18.2 Å². The number of hydrogen-bond acceptors (Lipinski definition) is 5. The molecule has 0 unspecified atom stereocenters. The quantitative estimate of drug-likeness (QED) is 0.434. The lowest BCUT2D eigenvalue weighted by Crippen LogP contribution is -2.13. The number of nitrogens with one attached hydrogen (secondary N) is 2. The number of anilines is 1. The van der Waals surface area contributed by atoms with E-state index in [1.807, 2.05) is 12.1 Å². The molecule has 9 heteroatoms. The van der Waals surface area contributed by atoms with Crippen LogP contribution in [0.3, 0.4) is 0 Å². The van der Waals surface area contributed by atoms with Gasteiger partial charge in [0.15, 0.2) is 5.69 Å². The van der Waals surface area contributed by atoms with E-state index in [0.717, 1.165) is 10.9 Å². The number of aromatic amines is 1. The van der Waals surface area contributed by atoms with E-state index >= 15 is 0 Å². The van der Waals surface area contributed by atoms with Gasteiger partial charge in [-0.2, -0.15) is 10.2 Å². The van der Waals surface area contributed by atoms with Crippen LogP contribution < -0.4 is 5.32 Å². The summed E-state index contributed by atoms with van der Waals surface area (Å²) in [4.78, 5) is 22.9. The molecule has 2 aromatic heterocycles. The molecule has 0 saturated heterocycles. The van der Waals surface area contributed by atoms with Crippen LogP contribution in [0.5, 0.6) is 0 Å². The predicted molar refractivity (Wildman–Crippen MR) is 94.3 cm³/mol. The molecule has 9 nitrogen and oxygen atoms in total. The van der Waals surface area contributed by atoms with Crippen LogP contribution in [0.1, 0.15) is 10.5 Å². The molecule has 0 atom stereocenters. The number of carbonyl (C=O) groups is 1. The molecule has 128 valence electrons. The number of fused-ring (bicyclic) bond motifs is 1. The first-order chi connectivity index (χ1) is 12.6. The summed E-state index contributed by atoms with van der Waals surface area (Å²) < 4.78 is 1.42. The van der Waals surface area contributed by atoms with Crippen LogP contribution in [-0.4, -0.2) is 30.8 Å².